The van der Waals surface area contributed by atoms with Gasteiger partial charge in [0.2, 0.25) is 9.03 Å². The number of benzene rings is 2. The minimum absolute atomic E-state index is 0.0844. The number of phenols is 1. The summed E-state index contributed by atoms with van der Waals surface area (Å²) in [6.45, 7) is 26.0. The maximum absolute atomic E-state index is 11.5. The molecule has 0 bridgehead atoms. The normalized spacial score (nSPS) is 13.8. The van der Waals surface area contributed by atoms with Crippen LogP contribution in [0.5, 0.6) is 11.5 Å². The molecule has 1 atom stereocenters. The van der Waals surface area contributed by atoms with Crippen molar-refractivity contribution in [3.63, 3.8) is 0 Å². The lowest BCUT2D eigenvalue weighted by molar-refractivity contribution is 0.445. The highest BCUT2D eigenvalue weighted by Gasteiger charge is 2.30. The standard InChI is InChI=1S/C28H43O3P/c1-25(2,3)17-13-19(23(29)21(15-17)27(7,8)9)20-14-18(26(4,5)6)16-22(28(10,11)12)24(20)31-32-30/h13-16,29-30,32H,1-12H3. The first kappa shape index (κ1) is 26.7. The molecule has 4 heteroatoms. The van der Waals surface area contributed by atoms with Gasteiger partial charge >= 0.3 is 0 Å². The zero-order valence-electron chi connectivity index (χ0n) is 22.1. The predicted molar refractivity (Wildman–Crippen MR) is 140 cm³/mol. The molecule has 0 aliphatic carbocycles. The van der Waals surface area contributed by atoms with Gasteiger partial charge in [-0.05, 0) is 44.9 Å². The molecule has 2 aromatic rings. The van der Waals surface area contributed by atoms with Crippen LogP contribution in [0.1, 0.15) is 105 Å². The molecule has 0 aliphatic rings. The first-order valence-corrected chi connectivity index (χ1v) is 12.3. The zero-order valence-corrected chi connectivity index (χ0v) is 23.1. The molecule has 0 aromatic heterocycles. The Labute approximate surface area is 197 Å². The van der Waals surface area contributed by atoms with Crippen LogP contribution in [0.25, 0.3) is 11.1 Å². The Bertz CT molecular complexity index is 978. The molecule has 0 saturated carbocycles. The van der Waals surface area contributed by atoms with E-state index in [0.29, 0.717) is 5.75 Å². The highest BCUT2D eigenvalue weighted by atomic mass is 31.1. The summed E-state index contributed by atoms with van der Waals surface area (Å²) in [5.74, 6) is 0.926. The van der Waals surface area contributed by atoms with Gasteiger partial charge in [0.05, 0.1) is 0 Å². The number of hydrogen-bond acceptors (Lipinski definition) is 3. The SMILES string of the molecule is CC(C)(C)c1cc(-c2cc(C(C)(C)C)cc(C(C)(C)C)c2OPO)c(O)c(C(C)(C)C)c1. The fourth-order valence-electron chi connectivity index (χ4n) is 3.82. The lowest BCUT2D eigenvalue weighted by atomic mass is 9.75. The van der Waals surface area contributed by atoms with Crippen molar-refractivity contribution in [3.8, 4) is 22.6 Å². The summed E-state index contributed by atoms with van der Waals surface area (Å²) in [6, 6.07) is 8.53. The molecule has 0 radical (unpaired) electrons. The third kappa shape index (κ3) is 5.67. The van der Waals surface area contributed by atoms with Crippen molar-refractivity contribution in [1.82, 2.24) is 0 Å². The molecule has 2 rings (SSSR count). The topological polar surface area (TPSA) is 49.7 Å². The Morgan fingerprint density at radius 3 is 1.38 bits per heavy atom. The lowest BCUT2D eigenvalue weighted by Crippen LogP contribution is -2.19. The highest BCUT2D eigenvalue weighted by Crippen LogP contribution is 2.49. The van der Waals surface area contributed by atoms with E-state index in [4.69, 9.17) is 4.52 Å². The molecule has 0 amide bonds. The molecule has 0 saturated heterocycles. The molecule has 0 aliphatic heterocycles. The van der Waals surface area contributed by atoms with E-state index < -0.39 is 9.03 Å². The smallest absolute Gasteiger partial charge is 0.212 e. The van der Waals surface area contributed by atoms with Gasteiger partial charge in [0.25, 0.3) is 0 Å². The number of aromatic hydroxyl groups is 1. The fourth-order valence-corrected chi connectivity index (χ4v) is 4.13. The molecule has 2 N–H and O–H groups in total. The van der Waals surface area contributed by atoms with Crippen molar-refractivity contribution in [1.29, 1.82) is 0 Å². The first-order chi connectivity index (χ1) is 14.3. The van der Waals surface area contributed by atoms with E-state index in [1.807, 2.05) is 0 Å². The molecule has 0 heterocycles. The van der Waals surface area contributed by atoms with Crippen molar-refractivity contribution in [2.75, 3.05) is 0 Å². The van der Waals surface area contributed by atoms with Crippen LogP contribution in [-0.4, -0.2) is 10.00 Å². The Morgan fingerprint density at radius 2 is 1.00 bits per heavy atom. The zero-order chi connectivity index (χ0) is 24.9. The van der Waals surface area contributed by atoms with E-state index in [1.54, 1.807) is 0 Å². The van der Waals surface area contributed by atoms with Crippen LogP contribution >= 0.6 is 9.03 Å². The largest absolute Gasteiger partial charge is 0.507 e. The summed E-state index contributed by atoms with van der Waals surface area (Å²) < 4.78 is 5.89. The minimum atomic E-state index is -0.677. The summed E-state index contributed by atoms with van der Waals surface area (Å²) >= 11 is 0. The molecule has 32 heavy (non-hydrogen) atoms. The van der Waals surface area contributed by atoms with Crippen molar-refractivity contribution < 1.29 is 14.5 Å². The van der Waals surface area contributed by atoms with Crippen molar-refractivity contribution in [3.05, 3.63) is 46.5 Å². The molecular weight excluding hydrogens is 415 g/mol. The van der Waals surface area contributed by atoms with E-state index in [0.717, 1.165) is 27.8 Å². The maximum atomic E-state index is 11.5. The van der Waals surface area contributed by atoms with Crippen LogP contribution in [0.4, 0.5) is 0 Å². The Hall–Kier alpha value is -1.57. The summed E-state index contributed by atoms with van der Waals surface area (Å²) in [5.41, 5.74) is 5.26. The number of hydrogen-bond donors (Lipinski definition) is 2. The van der Waals surface area contributed by atoms with Gasteiger partial charge in [0, 0.05) is 22.3 Å². The van der Waals surface area contributed by atoms with Crippen LogP contribution in [-0.2, 0) is 21.7 Å². The molecule has 2 aromatic carbocycles. The second-order valence-corrected chi connectivity index (χ2v) is 13.4. The molecular formula is C28H43O3P. The van der Waals surface area contributed by atoms with E-state index in [1.165, 1.54) is 5.56 Å². The maximum Gasteiger partial charge on any atom is 0.212 e. The van der Waals surface area contributed by atoms with Crippen LogP contribution in [0.2, 0.25) is 0 Å². The van der Waals surface area contributed by atoms with Crippen LogP contribution in [0.15, 0.2) is 24.3 Å². The monoisotopic (exact) mass is 458 g/mol. The van der Waals surface area contributed by atoms with Crippen LogP contribution in [0, 0.1) is 0 Å². The van der Waals surface area contributed by atoms with Crippen molar-refractivity contribution >= 4 is 9.03 Å². The second-order valence-electron chi connectivity index (χ2n) is 13.0. The molecule has 0 spiro atoms. The predicted octanol–water partition coefficient (Wildman–Crippen LogP) is 8.13. The van der Waals surface area contributed by atoms with Gasteiger partial charge in [-0.2, -0.15) is 0 Å². The minimum Gasteiger partial charge on any atom is -0.507 e. The van der Waals surface area contributed by atoms with Gasteiger partial charge in [0.15, 0.2) is 0 Å². The number of rotatable bonds is 3. The lowest BCUT2D eigenvalue weighted by Gasteiger charge is -2.31. The third-order valence-corrected chi connectivity index (χ3v) is 6.28. The van der Waals surface area contributed by atoms with E-state index in [-0.39, 0.29) is 27.4 Å². The molecule has 3 nitrogen and oxygen atoms in total. The Balaban J connectivity index is 3.10. The molecule has 1 unspecified atom stereocenters. The van der Waals surface area contributed by atoms with Crippen LogP contribution < -0.4 is 4.52 Å². The van der Waals surface area contributed by atoms with Crippen LogP contribution in [0.3, 0.4) is 0 Å². The molecule has 178 valence electrons. The van der Waals surface area contributed by atoms with Gasteiger partial charge in [-0.3, -0.25) is 0 Å². The highest BCUT2D eigenvalue weighted by molar-refractivity contribution is 7.25. The summed E-state index contributed by atoms with van der Waals surface area (Å²) in [5, 5.41) is 11.5. The first-order valence-electron chi connectivity index (χ1n) is 11.4. The molecule has 0 fully saturated rings. The number of phenolic OH excluding ortho intramolecular Hbond substituents is 1. The van der Waals surface area contributed by atoms with Crippen molar-refractivity contribution in [2.24, 2.45) is 0 Å². The van der Waals surface area contributed by atoms with Gasteiger partial charge in [-0.25, -0.2) is 0 Å². The van der Waals surface area contributed by atoms with E-state index >= 15 is 0 Å². The Morgan fingerprint density at radius 1 is 0.594 bits per heavy atom. The average molecular weight is 459 g/mol. The van der Waals surface area contributed by atoms with E-state index in [9.17, 15) is 10.00 Å². The van der Waals surface area contributed by atoms with Gasteiger partial charge < -0.3 is 14.5 Å². The third-order valence-electron chi connectivity index (χ3n) is 5.98. The van der Waals surface area contributed by atoms with Gasteiger partial charge in [-0.1, -0.05) is 95.2 Å². The quantitative estimate of drug-likeness (QED) is 0.457. The fraction of sp³-hybridized carbons (Fsp3) is 0.571. The second kappa shape index (κ2) is 8.65. The summed E-state index contributed by atoms with van der Waals surface area (Å²) in [7, 11) is -0.677. The summed E-state index contributed by atoms with van der Waals surface area (Å²) in [4.78, 5) is 9.79. The average Bonchev–Trinajstić information content (AvgIpc) is 2.58. The van der Waals surface area contributed by atoms with Gasteiger partial charge in [0.1, 0.15) is 11.5 Å². The summed E-state index contributed by atoms with van der Waals surface area (Å²) in [6.07, 6.45) is 0. The van der Waals surface area contributed by atoms with Gasteiger partial charge in [-0.15, -0.1) is 0 Å². The van der Waals surface area contributed by atoms with E-state index in [2.05, 4.69) is 107 Å². The van der Waals surface area contributed by atoms with Crippen molar-refractivity contribution in [2.45, 2.75) is 105 Å². The Kier molecular flexibility index (Phi) is 7.21.